The van der Waals surface area contributed by atoms with Crippen molar-refractivity contribution in [2.45, 2.75) is 231 Å². The van der Waals surface area contributed by atoms with Gasteiger partial charge in [0.15, 0.2) is 6.10 Å². The normalized spacial score (nSPS) is 13.3. The first kappa shape index (κ1) is 58.3. The average molecular weight is 858 g/mol. The van der Waals surface area contributed by atoms with E-state index in [-0.39, 0.29) is 42.7 Å². The number of carboxylic acids is 1. The number of allylic oxidation sites excluding steroid dienone is 8. The zero-order valence-electron chi connectivity index (χ0n) is 40.3. The lowest BCUT2D eigenvalue weighted by atomic mass is 10.0. The summed E-state index contributed by atoms with van der Waals surface area (Å²) in [7, 11) is 5.41. The summed E-state index contributed by atoms with van der Waals surface area (Å²) in [5.41, 5.74) is 0. The summed E-state index contributed by atoms with van der Waals surface area (Å²) in [6.07, 6.45) is 52.8. The van der Waals surface area contributed by atoms with Gasteiger partial charge >= 0.3 is 11.9 Å². The number of unbranched alkanes of at least 4 members (excludes halogenated alkanes) is 23. The fourth-order valence-electron chi connectivity index (χ4n) is 7.36. The van der Waals surface area contributed by atoms with Crippen molar-refractivity contribution in [1.29, 1.82) is 0 Å². The smallest absolute Gasteiger partial charge is 0.306 e. The Morgan fingerprint density at radius 1 is 0.508 bits per heavy atom. The molecule has 0 aliphatic rings. The lowest BCUT2D eigenvalue weighted by Gasteiger charge is -2.34. The zero-order chi connectivity index (χ0) is 44.9. The van der Waals surface area contributed by atoms with Gasteiger partial charge in [-0.2, -0.15) is 0 Å². The topological polar surface area (TPSA) is 102 Å². The lowest BCUT2D eigenvalue weighted by Crippen LogP contribution is -2.55. The SMILES string of the molecule is CC/C=C/C/C=C/C/C=C/C/C=C/CCCCCCCCCC(=O)OCC(COCCC(C(=O)[O-])[N+](C)(C)C)OC(=O)CCCCCCCCCCCCCCCCCCC. The highest BCUT2D eigenvalue weighted by atomic mass is 16.6. The first-order valence-corrected chi connectivity index (χ1v) is 25.2. The highest BCUT2D eigenvalue weighted by molar-refractivity contribution is 5.70. The molecule has 0 aromatic heterocycles. The molecule has 0 heterocycles. The van der Waals surface area contributed by atoms with Gasteiger partial charge in [-0.25, -0.2) is 0 Å². The van der Waals surface area contributed by atoms with Gasteiger partial charge in [0.1, 0.15) is 12.6 Å². The number of ether oxygens (including phenoxy) is 3. The van der Waals surface area contributed by atoms with Gasteiger partial charge in [0.25, 0.3) is 0 Å². The Kier molecular flexibility index (Phi) is 42.0. The third-order valence-corrected chi connectivity index (χ3v) is 11.2. The number of hydrogen-bond donors (Lipinski definition) is 0. The zero-order valence-corrected chi connectivity index (χ0v) is 40.3. The highest BCUT2D eigenvalue weighted by Gasteiger charge is 2.25. The Bertz CT molecular complexity index is 1140. The Balaban J connectivity index is 4.26. The number of aliphatic carboxylic acids is 1. The van der Waals surface area contributed by atoms with Crippen LogP contribution in [0.25, 0.3) is 0 Å². The van der Waals surface area contributed by atoms with E-state index in [9.17, 15) is 19.5 Å². The number of esters is 2. The van der Waals surface area contributed by atoms with Crippen LogP contribution < -0.4 is 5.11 Å². The summed E-state index contributed by atoms with van der Waals surface area (Å²) < 4.78 is 17.2. The number of rotatable bonds is 45. The van der Waals surface area contributed by atoms with Crippen molar-refractivity contribution in [1.82, 2.24) is 0 Å². The van der Waals surface area contributed by atoms with Gasteiger partial charge in [-0.1, -0.05) is 197 Å². The summed E-state index contributed by atoms with van der Waals surface area (Å²) in [6.45, 7) is 4.56. The first-order chi connectivity index (χ1) is 29.6. The summed E-state index contributed by atoms with van der Waals surface area (Å²) in [5.74, 6) is -1.74. The third-order valence-electron chi connectivity index (χ3n) is 11.2. The number of quaternary nitrogens is 1. The largest absolute Gasteiger partial charge is 0.544 e. The molecule has 0 aliphatic heterocycles. The number of carbonyl (C=O) groups excluding carboxylic acids is 3. The Labute approximate surface area is 376 Å². The number of hydrogen-bond acceptors (Lipinski definition) is 7. The second-order valence-electron chi connectivity index (χ2n) is 18.0. The van der Waals surface area contributed by atoms with Crippen LogP contribution in [0.3, 0.4) is 0 Å². The van der Waals surface area contributed by atoms with E-state index < -0.39 is 18.1 Å². The molecule has 8 heteroatoms. The van der Waals surface area contributed by atoms with E-state index in [0.29, 0.717) is 12.8 Å². The minimum absolute atomic E-state index is 0.0389. The molecular weight excluding hydrogens is 763 g/mol. The Morgan fingerprint density at radius 3 is 1.36 bits per heavy atom. The number of carboxylic acid groups (broad SMARTS) is 1. The highest BCUT2D eigenvalue weighted by Crippen LogP contribution is 2.16. The van der Waals surface area contributed by atoms with Crippen LogP contribution in [0.2, 0.25) is 0 Å². The molecule has 8 nitrogen and oxygen atoms in total. The van der Waals surface area contributed by atoms with Crippen molar-refractivity contribution in [3.8, 4) is 0 Å². The van der Waals surface area contributed by atoms with Gasteiger partial charge in [-0.3, -0.25) is 9.59 Å². The molecule has 61 heavy (non-hydrogen) atoms. The minimum Gasteiger partial charge on any atom is -0.544 e. The van der Waals surface area contributed by atoms with Gasteiger partial charge < -0.3 is 28.6 Å². The molecule has 0 bridgehead atoms. The van der Waals surface area contributed by atoms with Crippen molar-refractivity contribution in [2.24, 2.45) is 0 Å². The van der Waals surface area contributed by atoms with Gasteiger partial charge in [0, 0.05) is 19.3 Å². The molecule has 0 amide bonds. The van der Waals surface area contributed by atoms with E-state index >= 15 is 0 Å². The number of carbonyl (C=O) groups is 3. The van der Waals surface area contributed by atoms with Crippen molar-refractivity contribution in [3.05, 3.63) is 48.6 Å². The van der Waals surface area contributed by atoms with E-state index in [0.717, 1.165) is 70.6 Å². The molecule has 0 spiro atoms. The summed E-state index contributed by atoms with van der Waals surface area (Å²) >= 11 is 0. The number of nitrogens with zero attached hydrogens (tertiary/aromatic N) is 1. The second kappa shape index (κ2) is 43.9. The van der Waals surface area contributed by atoms with Crippen LogP contribution in [0.5, 0.6) is 0 Å². The van der Waals surface area contributed by atoms with Crippen molar-refractivity contribution < 1.29 is 38.2 Å². The fourth-order valence-corrected chi connectivity index (χ4v) is 7.36. The van der Waals surface area contributed by atoms with Gasteiger partial charge in [0.2, 0.25) is 0 Å². The molecule has 2 unspecified atom stereocenters. The van der Waals surface area contributed by atoms with Crippen molar-refractivity contribution in [2.75, 3.05) is 41.0 Å². The maximum Gasteiger partial charge on any atom is 0.306 e. The van der Waals surface area contributed by atoms with Gasteiger partial charge in [-0.15, -0.1) is 0 Å². The predicted octanol–water partition coefficient (Wildman–Crippen LogP) is 13.0. The van der Waals surface area contributed by atoms with Crippen LogP contribution in [0, 0.1) is 0 Å². The fraction of sp³-hybridized carbons (Fsp3) is 0.792. The van der Waals surface area contributed by atoms with Gasteiger partial charge in [0.05, 0.1) is 40.3 Å². The van der Waals surface area contributed by atoms with E-state index in [1.165, 1.54) is 116 Å². The van der Waals surface area contributed by atoms with E-state index in [1.807, 2.05) is 0 Å². The minimum atomic E-state index is -1.13. The van der Waals surface area contributed by atoms with Gasteiger partial charge in [-0.05, 0) is 51.4 Å². The quantitative estimate of drug-likeness (QED) is 0.0260. The maximum absolute atomic E-state index is 12.8. The molecule has 0 saturated carbocycles. The molecule has 2 atom stereocenters. The summed E-state index contributed by atoms with van der Waals surface area (Å²) in [6, 6.07) is -0.727. The van der Waals surface area contributed by atoms with Crippen LogP contribution in [0.4, 0.5) is 0 Å². The summed E-state index contributed by atoms with van der Waals surface area (Å²) in [5, 5.41) is 11.7. The van der Waals surface area contributed by atoms with Crippen molar-refractivity contribution >= 4 is 17.9 Å². The maximum atomic E-state index is 12.8. The van der Waals surface area contributed by atoms with Crippen LogP contribution in [0.15, 0.2) is 48.6 Å². The standard InChI is InChI=1S/C53H95NO7/c1-6-8-10-12-14-16-18-20-22-24-25-26-28-29-31-33-35-37-39-41-43-51(55)60-48-49(47-59-46-45-50(53(57)58)54(3,4)5)61-52(56)44-42-40-38-36-34-32-30-27-23-21-19-17-15-13-11-9-7-2/h8,10,14,16,20,22,25-26,49-50H,6-7,9,11-13,15,17-19,21,23-24,27-48H2,1-5H3/b10-8+,16-14+,22-20+,26-25+. The molecule has 0 saturated heterocycles. The van der Waals surface area contributed by atoms with Crippen LogP contribution in [0.1, 0.15) is 219 Å². The summed E-state index contributed by atoms with van der Waals surface area (Å²) in [4.78, 5) is 37.0. The molecule has 0 N–H and O–H groups in total. The molecule has 0 aromatic carbocycles. The molecule has 0 radical (unpaired) electrons. The molecule has 0 aliphatic carbocycles. The third kappa shape index (κ3) is 42.4. The number of likely N-dealkylation sites (N-methyl/N-ethyl adjacent to an activating group) is 1. The average Bonchev–Trinajstić information content (AvgIpc) is 3.22. The Hall–Kier alpha value is -2.71. The van der Waals surface area contributed by atoms with Crippen LogP contribution in [-0.4, -0.2) is 75.5 Å². The van der Waals surface area contributed by atoms with E-state index in [1.54, 1.807) is 21.1 Å². The lowest BCUT2D eigenvalue weighted by molar-refractivity contribution is -0.889. The van der Waals surface area contributed by atoms with Crippen LogP contribution in [-0.2, 0) is 28.6 Å². The monoisotopic (exact) mass is 858 g/mol. The van der Waals surface area contributed by atoms with E-state index in [4.69, 9.17) is 14.2 Å². The van der Waals surface area contributed by atoms with Crippen LogP contribution >= 0.6 is 0 Å². The molecule has 0 rings (SSSR count). The predicted molar refractivity (Wildman–Crippen MR) is 254 cm³/mol. The first-order valence-electron chi connectivity index (χ1n) is 25.2. The molecular formula is C53H95NO7. The molecule has 354 valence electrons. The van der Waals surface area contributed by atoms with Crippen molar-refractivity contribution in [3.63, 3.8) is 0 Å². The molecule has 0 fully saturated rings. The van der Waals surface area contributed by atoms with E-state index in [2.05, 4.69) is 62.5 Å². The second-order valence-corrected chi connectivity index (χ2v) is 18.0. The Morgan fingerprint density at radius 2 is 0.918 bits per heavy atom. The molecule has 0 aromatic rings.